The minimum atomic E-state index is -0.571. The Bertz CT molecular complexity index is 912. The van der Waals surface area contributed by atoms with Gasteiger partial charge in [0.15, 0.2) is 0 Å². The number of imidazole rings is 1. The van der Waals surface area contributed by atoms with E-state index in [1.54, 1.807) is 22.2 Å². The SMILES string of the molecule is N=c1n(CC(=O)NO)c2ccccc2n1Cc1ccc(Cl)cc1. The summed E-state index contributed by atoms with van der Waals surface area (Å²) in [7, 11) is 0. The summed E-state index contributed by atoms with van der Waals surface area (Å²) >= 11 is 5.90. The van der Waals surface area contributed by atoms with Gasteiger partial charge in [-0.1, -0.05) is 35.9 Å². The third-order valence-corrected chi connectivity index (χ3v) is 3.91. The smallest absolute Gasteiger partial charge is 0.263 e. The van der Waals surface area contributed by atoms with E-state index in [9.17, 15) is 4.79 Å². The van der Waals surface area contributed by atoms with Crippen molar-refractivity contribution in [3.63, 3.8) is 0 Å². The van der Waals surface area contributed by atoms with Crippen LogP contribution >= 0.6 is 11.6 Å². The zero-order valence-electron chi connectivity index (χ0n) is 12.2. The van der Waals surface area contributed by atoms with Crippen LogP contribution < -0.4 is 11.1 Å². The van der Waals surface area contributed by atoms with Crippen LogP contribution in [0.5, 0.6) is 0 Å². The maximum atomic E-state index is 11.5. The fourth-order valence-corrected chi connectivity index (χ4v) is 2.69. The monoisotopic (exact) mass is 330 g/mol. The molecular formula is C16H15ClN4O2. The van der Waals surface area contributed by atoms with Gasteiger partial charge in [-0.05, 0) is 29.8 Å². The van der Waals surface area contributed by atoms with Crippen LogP contribution in [-0.4, -0.2) is 20.2 Å². The van der Waals surface area contributed by atoms with Gasteiger partial charge in [-0.15, -0.1) is 0 Å². The van der Waals surface area contributed by atoms with Gasteiger partial charge in [-0.25, -0.2) is 5.48 Å². The quantitative estimate of drug-likeness (QED) is 0.506. The molecule has 2 aromatic carbocycles. The summed E-state index contributed by atoms with van der Waals surface area (Å²) < 4.78 is 3.36. The number of halogens is 1. The van der Waals surface area contributed by atoms with E-state index in [4.69, 9.17) is 22.2 Å². The average Bonchev–Trinajstić information content (AvgIpc) is 2.82. The van der Waals surface area contributed by atoms with E-state index in [2.05, 4.69) is 0 Å². The largest absolute Gasteiger partial charge is 0.306 e. The molecule has 3 aromatic rings. The van der Waals surface area contributed by atoms with E-state index in [1.165, 1.54) is 0 Å². The number of fused-ring (bicyclic) bond motifs is 1. The average molecular weight is 331 g/mol. The van der Waals surface area contributed by atoms with Gasteiger partial charge >= 0.3 is 0 Å². The van der Waals surface area contributed by atoms with Crippen molar-refractivity contribution in [1.82, 2.24) is 14.6 Å². The first kappa shape index (κ1) is 15.3. The Hall–Kier alpha value is -2.57. The van der Waals surface area contributed by atoms with Crippen LogP contribution in [0.1, 0.15) is 5.56 Å². The van der Waals surface area contributed by atoms with E-state index in [0.29, 0.717) is 11.6 Å². The van der Waals surface area contributed by atoms with Gasteiger partial charge in [0.2, 0.25) is 5.62 Å². The maximum Gasteiger partial charge on any atom is 0.263 e. The first-order valence-corrected chi connectivity index (χ1v) is 7.38. The lowest BCUT2D eigenvalue weighted by Crippen LogP contribution is -2.31. The molecule has 0 radical (unpaired) electrons. The van der Waals surface area contributed by atoms with Crippen molar-refractivity contribution in [3.8, 4) is 0 Å². The normalized spacial score (nSPS) is 10.9. The molecule has 0 unspecified atom stereocenters. The number of para-hydroxylation sites is 2. The first-order chi connectivity index (χ1) is 11.1. The molecule has 6 nitrogen and oxygen atoms in total. The first-order valence-electron chi connectivity index (χ1n) is 7.00. The van der Waals surface area contributed by atoms with Crippen molar-refractivity contribution in [1.29, 1.82) is 5.41 Å². The second-order valence-corrected chi connectivity index (χ2v) is 5.58. The van der Waals surface area contributed by atoms with Crippen LogP contribution in [0, 0.1) is 5.41 Å². The van der Waals surface area contributed by atoms with E-state index >= 15 is 0 Å². The van der Waals surface area contributed by atoms with Crippen LogP contribution in [0.4, 0.5) is 0 Å². The third-order valence-electron chi connectivity index (χ3n) is 3.66. The Morgan fingerprint density at radius 1 is 1.09 bits per heavy atom. The molecule has 0 aliphatic rings. The molecule has 0 atom stereocenters. The Kier molecular flexibility index (Phi) is 4.18. The van der Waals surface area contributed by atoms with Gasteiger partial charge in [-0.3, -0.25) is 15.4 Å². The standard InChI is InChI=1S/C16H15ClN4O2/c17-12-7-5-11(6-8-12)9-20-13-3-1-2-4-14(13)21(16(20)18)10-15(22)19-23/h1-8,18,23H,9-10H2,(H,19,22). The lowest BCUT2D eigenvalue weighted by molar-refractivity contribution is -0.129. The molecule has 0 saturated carbocycles. The molecule has 0 fully saturated rings. The van der Waals surface area contributed by atoms with Crippen LogP contribution in [0.15, 0.2) is 48.5 Å². The summed E-state index contributed by atoms with van der Waals surface area (Å²) in [5.41, 5.74) is 4.40. The number of benzene rings is 2. The predicted octanol–water partition coefficient (Wildman–Crippen LogP) is 2.13. The number of hydrogen-bond donors (Lipinski definition) is 3. The summed E-state index contributed by atoms with van der Waals surface area (Å²) in [5.74, 6) is -0.571. The van der Waals surface area contributed by atoms with Gasteiger partial charge in [-0.2, -0.15) is 0 Å². The second-order valence-electron chi connectivity index (χ2n) is 5.15. The summed E-state index contributed by atoms with van der Waals surface area (Å²) in [5, 5.41) is 17.8. The van der Waals surface area contributed by atoms with E-state index < -0.39 is 5.91 Å². The molecule has 1 aromatic heterocycles. The topological polar surface area (TPSA) is 83.0 Å². The molecule has 1 heterocycles. The molecule has 0 spiro atoms. The van der Waals surface area contributed by atoms with Crippen LogP contribution in [-0.2, 0) is 17.9 Å². The lowest BCUT2D eigenvalue weighted by Gasteiger charge is -2.05. The highest BCUT2D eigenvalue weighted by molar-refractivity contribution is 6.30. The molecule has 23 heavy (non-hydrogen) atoms. The van der Waals surface area contributed by atoms with Crippen LogP contribution in [0.25, 0.3) is 11.0 Å². The maximum absolute atomic E-state index is 11.5. The molecule has 0 saturated heterocycles. The van der Waals surface area contributed by atoms with E-state index in [0.717, 1.165) is 16.6 Å². The highest BCUT2D eigenvalue weighted by atomic mass is 35.5. The molecule has 3 rings (SSSR count). The third kappa shape index (κ3) is 2.99. The van der Waals surface area contributed by atoms with Crippen LogP contribution in [0.3, 0.4) is 0 Å². The number of nitrogens with one attached hydrogen (secondary N) is 2. The van der Waals surface area contributed by atoms with Crippen LogP contribution in [0.2, 0.25) is 5.02 Å². The van der Waals surface area contributed by atoms with Crippen molar-refractivity contribution in [3.05, 3.63) is 64.7 Å². The van der Waals surface area contributed by atoms with Gasteiger partial charge in [0.1, 0.15) is 6.54 Å². The molecule has 0 aliphatic carbocycles. The zero-order valence-corrected chi connectivity index (χ0v) is 12.9. The summed E-state index contributed by atoms with van der Waals surface area (Å²) in [4.78, 5) is 11.5. The van der Waals surface area contributed by atoms with Crippen molar-refractivity contribution in [2.45, 2.75) is 13.1 Å². The van der Waals surface area contributed by atoms with E-state index in [1.807, 2.05) is 41.0 Å². The molecular weight excluding hydrogens is 316 g/mol. The van der Waals surface area contributed by atoms with Gasteiger partial charge in [0.25, 0.3) is 5.91 Å². The molecule has 7 heteroatoms. The fourth-order valence-electron chi connectivity index (χ4n) is 2.57. The Morgan fingerprint density at radius 3 is 2.30 bits per heavy atom. The molecule has 118 valence electrons. The zero-order chi connectivity index (χ0) is 16.4. The van der Waals surface area contributed by atoms with Gasteiger partial charge in [0.05, 0.1) is 17.6 Å². The highest BCUT2D eigenvalue weighted by Gasteiger charge is 2.13. The molecule has 1 amide bonds. The van der Waals surface area contributed by atoms with E-state index in [-0.39, 0.29) is 12.2 Å². The minimum Gasteiger partial charge on any atom is -0.306 e. The predicted molar refractivity (Wildman–Crippen MR) is 86.3 cm³/mol. The van der Waals surface area contributed by atoms with Crippen molar-refractivity contribution >= 4 is 28.5 Å². The molecule has 0 bridgehead atoms. The van der Waals surface area contributed by atoms with Crippen molar-refractivity contribution in [2.24, 2.45) is 0 Å². The summed E-state index contributed by atoms with van der Waals surface area (Å²) in [6, 6.07) is 14.9. The number of carbonyl (C=O) groups excluding carboxylic acids is 1. The van der Waals surface area contributed by atoms with Crippen molar-refractivity contribution in [2.75, 3.05) is 0 Å². The number of amides is 1. The second kappa shape index (κ2) is 6.28. The van der Waals surface area contributed by atoms with Crippen molar-refractivity contribution < 1.29 is 10.0 Å². The molecule has 0 aliphatic heterocycles. The lowest BCUT2D eigenvalue weighted by atomic mass is 10.2. The number of rotatable bonds is 4. The summed E-state index contributed by atoms with van der Waals surface area (Å²) in [6.07, 6.45) is 0. The Labute approximate surface area is 137 Å². The Morgan fingerprint density at radius 2 is 1.70 bits per heavy atom. The van der Waals surface area contributed by atoms with Gasteiger partial charge in [0, 0.05) is 5.02 Å². The highest BCUT2D eigenvalue weighted by Crippen LogP contribution is 2.16. The van der Waals surface area contributed by atoms with Gasteiger partial charge < -0.3 is 9.13 Å². The Balaban J connectivity index is 2.09. The fraction of sp³-hybridized carbons (Fsp3) is 0.125. The molecule has 3 N–H and O–H groups in total. The number of nitrogens with zero attached hydrogens (tertiary/aromatic N) is 2. The number of hydrogen-bond acceptors (Lipinski definition) is 3. The number of aromatic nitrogens is 2. The number of carbonyl (C=O) groups is 1. The summed E-state index contributed by atoms with van der Waals surface area (Å²) in [6.45, 7) is 0.369. The minimum absolute atomic E-state index is 0.122. The number of hydroxylamine groups is 1.